The summed E-state index contributed by atoms with van der Waals surface area (Å²) in [5.74, 6) is 0. The van der Waals surface area contributed by atoms with Crippen molar-refractivity contribution in [1.82, 2.24) is 0 Å². The monoisotopic (exact) mass is 293 g/mol. The molecule has 1 N–H and O–H groups in total. The minimum absolute atomic E-state index is 0.0466. The van der Waals surface area contributed by atoms with Gasteiger partial charge in [-0.15, -0.1) is 0 Å². The van der Waals surface area contributed by atoms with Gasteiger partial charge in [0, 0.05) is 13.2 Å². The molecule has 0 spiro atoms. The maximum Gasteiger partial charge on any atom is 0.418 e. The Morgan fingerprint density at radius 1 is 1.37 bits per heavy atom. The van der Waals surface area contributed by atoms with Crippen LogP contribution in [0.15, 0.2) is 18.2 Å². The van der Waals surface area contributed by atoms with Crippen LogP contribution in [0.5, 0.6) is 0 Å². The molecule has 2 rings (SSSR count). The van der Waals surface area contributed by atoms with Crippen LogP contribution >= 0.6 is 11.6 Å². The number of nitrogens with one attached hydrogen (secondary N) is 1. The number of rotatable bonds is 4. The van der Waals surface area contributed by atoms with Crippen molar-refractivity contribution in [2.45, 2.75) is 31.5 Å². The first kappa shape index (κ1) is 14.5. The van der Waals surface area contributed by atoms with E-state index in [4.69, 9.17) is 16.3 Å². The second-order valence-electron chi connectivity index (χ2n) is 4.51. The predicted octanol–water partition coefficient (Wildman–Crippen LogP) is 4.34. The third kappa shape index (κ3) is 3.76. The third-order valence-electron chi connectivity index (χ3n) is 3.11. The van der Waals surface area contributed by atoms with Crippen molar-refractivity contribution in [3.63, 3.8) is 0 Å². The lowest BCUT2D eigenvalue weighted by Crippen LogP contribution is -2.16. The van der Waals surface area contributed by atoms with Crippen molar-refractivity contribution in [3.05, 3.63) is 28.8 Å². The Balaban J connectivity index is 2.02. The molecule has 1 atom stereocenters. The van der Waals surface area contributed by atoms with Crippen molar-refractivity contribution in [1.29, 1.82) is 0 Å². The first-order valence-corrected chi connectivity index (χ1v) is 6.57. The number of hydrogen-bond donors (Lipinski definition) is 1. The highest BCUT2D eigenvalue weighted by atomic mass is 35.5. The van der Waals surface area contributed by atoms with E-state index in [2.05, 4.69) is 5.32 Å². The van der Waals surface area contributed by atoms with Crippen LogP contribution in [0.4, 0.5) is 18.9 Å². The number of ether oxygens (including phenoxy) is 1. The standard InChI is InChI=1S/C13H15ClF3NO/c14-11-5-1-4-10(13(15,16)17)12(11)18-7-6-9-3-2-8-19-9/h1,4-5,9,18H,2-3,6-8H2. The zero-order chi connectivity index (χ0) is 13.9. The highest BCUT2D eigenvalue weighted by Gasteiger charge is 2.34. The maximum atomic E-state index is 12.8. The van der Waals surface area contributed by atoms with Crippen LogP contribution in [0.1, 0.15) is 24.8 Å². The molecule has 1 unspecified atom stereocenters. The van der Waals surface area contributed by atoms with E-state index in [-0.39, 0.29) is 16.8 Å². The minimum Gasteiger partial charge on any atom is -0.383 e. The van der Waals surface area contributed by atoms with Gasteiger partial charge in [-0.3, -0.25) is 0 Å². The summed E-state index contributed by atoms with van der Waals surface area (Å²) in [6.07, 6.45) is -1.59. The third-order valence-corrected chi connectivity index (χ3v) is 3.43. The fourth-order valence-electron chi connectivity index (χ4n) is 2.17. The molecule has 0 radical (unpaired) electrons. The van der Waals surface area contributed by atoms with Gasteiger partial charge in [0.15, 0.2) is 0 Å². The molecule has 0 saturated carbocycles. The molecule has 19 heavy (non-hydrogen) atoms. The summed E-state index contributed by atoms with van der Waals surface area (Å²) in [6.45, 7) is 1.15. The van der Waals surface area contributed by atoms with Gasteiger partial charge < -0.3 is 10.1 Å². The van der Waals surface area contributed by atoms with Gasteiger partial charge in [0.1, 0.15) is 0 Å². The van der Waals surface area contributed by atoms with E-state index in [0.717, 1.165) is 25.5 Å². The normalized spacial score (nSPS) is 19.7. The molecule has 0 bridgehead atoms. The molecule has 106 valence electrons. The summed E-state index contributed by atoms with van der Waals surface area (Å²) in [7, 11) is 0. The molecule has 6 heteroatoms. The quantitative estimate of drug-likeness (QED) is 0.891. The average Bonchev–Trinajstić information content (AvgIpc) is 2.82. The number of hydrogen-bond acceptors (Lipinski definition) is 2. The molecular formula is C13H15ClF3NO. The highest BCUT2D eigenvalue weighted by Crippen LogP contribution is 2.38. The van der Waals surface area contributed by atoms with Crippen LogP contribution in [0.25, 0.3) is 0 Å². The van der Waals surface area contributed by atoms with E-state index in [1.807, 2.05) is 0 Å². The van der Waals surface area contributed by atoms with Gasteiger partial charge in [-0.1, -0.05) is 17.7 Å². The average molecular weight is 294 g/mol. The number of halogens is 4. The highest BCUT2D eigenvalue weighted by molar-refractivity contribution is 6.33. The molecule has 1 heterocycles. The Morgan fingerprint density at radius 2 is 2.16 bits per heavy atom. The molecule has 0 aliphatic carbocycles. The second kappa shape index (κ2) is 6.01. The zero-order valence-corrected chi connectivity index (χ0v) is 11.0. The summed E-state index contributed by atoms with van der Waals surface area (Å²) in [5, 5.41) is 2.87. The fraction of sp³-hybridized carbons (Fsp3) is 0.538. The van der Waals surface area contributed by atoms with E-state index in [9.17, 15) is 13.2 Å². The van der Waals surface area contributed by atoms with Crippen LogP contribution < -0.4 is 5.32 Å². The van der Waals surface area contributed by atoms with Crippen molar-refractivity contribution < 1.29 is 17.9 Å². The van der Waals surface area contributed by atoms with Crippen LogP contribution in [0.3, 0.4) is 0 Å². The second-order valence-corrected chi connectivity index (χ2v) is 4.92. The largest absolute Gasteiger partial charge is 0.418 e. The van der Waals surface area contributed by atoms with Crippen LogP contribution in [0.2, 0.25) is 5.02 Å². The van der Waals surface area contributed by atoms with Crippen LogP contribution in [-0.2, 0) is 10.9 Å². The minimum atomic E-state index is -4.41. The van der Waals surface area contributed by atoms with Crippen molar-refractivity contribution in [2.75, 3.05) is 18.5 Å². The summed E-state index contributed by atoms with van der Waals surface area (Å²) in [4.78, 5) is 0. The number of alkyl halides is 3. The molecule has 1 aliphatic rings. The van der Waals surface area contributed by atoms with E-state index in [0.29, 0.717) is 13.0 Å². The smallest absolute Gasteiger partial charge is 0.383 e. The Morgan fingerprint density at radius 3 is 2.79 bits per heavy atom. The van der Waals surface area contributed by atoms with Gasteiger partial charge in [0.25, 0.3) is 0 Å². The summed E-state index contributed by atoms with van der Waals surface area (Å²) in [5.41, 5.74) is -0.776. The van der Waals surface area contributed by atoms with Crippen LogP contribution in [-0.4, -0.2) is 19.3 Å². The number of anilines is 1. The number of benzene rings is 1. The molecule has 1 saturated heterocycles. The van der Waals surface area contributed by atoms with Gasteiger partial charge >= 0.3 is 6.18 Å². The first-order valence-electron chi connectivity index (χ1n) is 6.19. The Labute approximate surface area is 114 Å². The molecule has 2 nitrogen and oxygen atoms in total. The van der Waals surface area contributed by atoms with Gasteiger partial charge in [-0.2, -0.15) is 13.2 Å². The van der Waals surface area contributed by atoms with Gasteiger partial charge in [-0.25, -0.2) is 0 Å². The molecule has 1 aromatic rings. The molecular weight excluding hydrogens is 279 g/mol. The predicted molar refractivity (Wildman–Crippen MR) is 68.5 cm³/mol. The summed E-state index contributed by atoms with van der Waals surface area (Å²) >= 11 is 5.84. The maximum absolute atomic E-state index is 12.8. The Bertz CT molecular complexity index is 430. The lowest BCUT2D eigenvalue weighted by atomic mass is 10.1. The van der Waals surface area contributed by atoms with E-state index >= 15 is 0 Å². The van der Waals surface area contributed by atoms with Gasteiger partial charge in [0.05, 0.1) is 22.4 Å². The van der Waals surface area contributed by atoms with Crippen molar-refractivity contribution in [2.24, 2.45) is 0 Å². The Kier molecular flexibility index (Phi) is 4.58. The van der Waals surface area contributed by atoms with Crippen molar-refractivity contribution in [3.8, 4) is 0 Å². The Hall–Kier alpha value is -0.940. The van der Waals surface area contributed by atoms with Crippen molar-refractivity contribution >= 4 is 17.3 Å². The topological polar surface area (TPSA) is 21.3 Å². The SMILES string of the molecule is FC(F)(F)c1cccc(Cl)c1NCCC1CCCO1. The lowest BCUT2D eigenvalue weighted by Gasteiger charge is -2.17. The first-order chi connectivity index (χ1) is 8.98. The molecule has 0 aromatic heterocycles. The molecule has 1 aliphatic heterocycles. The fourth-order valence-corrected chi connectivity index (χ4v) is 2.41. The van der Waals surface area contributed by atoms with Gasteiger partial charge in [-0.05, 0) is 31.4 Å². The van der Waals surface area contributed by atoms with E-state index in [1.54, 1.807) is 0 Å². The van der Waals surface area contributed by atoms with E-state index < -0.39 is 11.7 Å². The number of para-hydroxylation sites is 1. The summed E-state index contributed by atoms with van der Waals surface area (Å²) < 4.78 is 43.9. The molecule has 0 amide bonds. The lowest BCUT2D eigenvalue weighted by molar-refractivity contribution is -0.136. The zero-order valence-electron chi connectivity index (χ0n) is 10.3. The van der Waals surface area contributed by atoms with Gasteiger partial charge in [0.2, 0.25) is 0 Å². The molecule has 1 aromatic carbocycles. The summed E-state index contributed by atoms with van der Waals surface area (Å²) in [6, 6.07) is 3.78. The van der Waals surface area contributed by atoms with Crippen LogP contribution in [0, 0.1) is 0 Å². The molecule has 1 fully saturated rings. The van der Waals surface area contributed by atoms with E-state index in [1.165, 1.54) is 12.1 Å².